The normalized spacial score (nSPS) is 16.0. The number of aliphatic hydroxyl groups excluding tert-OH is 1. The first-order valence-electron chi connectivity index (χ1n) is 8.18. The summed E-state index contributed by atoms with van der Waals surface area (Å²) in [5, 5.41) is 14.1. The number of ether oxygens (including phenoxy) is 2. The van der Waals surface area contributed by atoms with Gasteiger partial charge in [0, 0.05) is 23.4 Å². The summed E-state index contributed by atoms with van der Waals surface area (Å²) in [4.78, 5) is 1.82. The van der Waals surface area contributed by atoms with Crippen LogP contribution < -0.4 is 14.8 Å². The van der Waals surface area contributed by atoms with Gasteiger partial charge in [-0.1, -0.05) is 6.07 Å². The maximum absolute atomic E-state index is 13.7. The topological polar surface area (TPSA) is 54.0 Å². The molecular formula is C19H21FN2O3S. The summed E-state index contributed by atoms with van der Waals surface area (Å²) in [6.07, 6.45) is -0.779. The molecule has 0 fully saturated rings. The lowest BCUT2D eigenvalue weighted by Gasteiger charge is -2.35. The molecule has 0 saturated carbocycles. The number of aliphatic hydroxyl groups is 1. The molecule has 0 saturated heterocycles. The lowest BCUT2D eigenvalue weighted by molar-refractivity contribution is 0.123. The summed E-state index contributed by atoms with van der Waals surface area (Å²) < 4.78 is 24.5. The van der Waals surface area contributed by atoms with Crippen molar-refractivity contribution in [3.8, 4) is 11.5 Å². The number of anilines is 1. The molecule has 2 aromatic rings. The lowest BCUT2D eigenvalue weighted by atomic mass is 9.95. The molecule has 26 heavy (non-hydrogen) atoms. The molecule has 1 aliphatic rings. The van der Waals surface area contributed by atoms with Gasteiger partial charge in [-0.25, -0.2) is 4.39 Å². The van der Waals surface area contributed by atoms with Crippen LogP contribution in [0.2, 0.25) is 0 Å². The Bertz CT molecular complexity index is 844. The van der Waals surface area contributed by atoms with E-state index in [0.717, 1.165) is 5.56 Å². The third-order valence-electron chi connectivity index (χ3n) is 4.50. The van der Waals surface area contributed by atoms with Crippen LogP contribution in [0.4, 0.5) is 10.1 Å². The van der Waals surface area contributed by atoms with Crippen LogP contribution in [-0.4, -0.2) is 35.9 Å². The van der Waals surface area contributed by atoms with E-state index in [0.29, 0.717) is 46.5 Å². The molecule has 2 N–H and O–H groups in total. The minimum absolute atomic E-state index is 0.298. The molecule has 0 bridgehead atoms. The Labute approximate surface area is 157 Å². The number of fused-ring (bicyclic) bond motifs is 1. The molecule has 2 aromatic carbocycles. The Morgan fingerprint density at radius 2 is 1.92 bits per heavy atom. The number of β-amino-alcohol motifs (C(OH)–C–C–N with tert-alkyl or cyclic N) is 1. The second-order valence-corrected chi connectivity index (χ2v) is 6.54. The van der Waals surface area contributed by atoms with Gasteiger partial charge in [0.15, 0.2) is 5.11 Å². The average Bonchev–Trinajstić information content (AvgIpc) is 2.63. The van der Waals surface area contributed by atoms with Crippen LogP contribution in [0.1, 0.15) is 22.8 Å². The maximum atomic E-state index is 13.7. The van der Waals surface area contributed by atoms with Gasteiger partial charge in [-0.05, 0) is 49.0 Å². The minimum atomic E-state index is -0.779. The first-order chi connectivity index (χ1) is 12.4. The number of thiocarbonyl (C=S) groups is 1. The van der Waals surface area contributed by atoms with Gasteiger partial charge in [0.25, 0.3) is 0 Å². The summed E-state index contributed by atoms with van der Waals surface area (Å²) in [6.45, 7) is 2.46. The number of aryl methyl sites for hydroxylation is 1. The molecule has 0 amide bonds. The van der Waals surface area contributed by atoms with Crippen molar-refractivity contribution in [1.82, 2.24) is 4.90 Å². The minimum Gasteiger partial charge on any atom is -0.496 e. The van der Waals surface area contributed by atoms with Crippen molar-refractivity contribution in [2.75, 3.05) is 26.1 Å². The molecule has 1 atom stereocenters. The highest BCUT2D eigenvalue weighted by molar-refractivity contribution is 7.80. The molecule has 0 aliphatic carbocycles. The van der Waals surface area contributed by atoms with E-state index in [9.17, 15) is 9.50 Å². The number of halogens is 1. The first kappa shape index (κ1) is 18.4. The van der Waals surface area contributed by atoms with E-state index >= 15 is 0 Å². The van der Waals surface area contributed by atoms with Gasteiger partial charge in [0.1, 0.15) is 23.4 Å². The van der Waals surface area contributed by atoms with Crippen LogP contribution in [0.15, 0.2) is 30.3 Å². The van der Waals surface area contributed by atoms with Crippen molar-refractivity contribution in [2.24, 2.45) is 0 Å². The average molecular weight is 376 g/mol. The van der Waals surface area contributed by atoms with E-state index < -0.39 is 6.10 Å². The van der Waals surface area contributed by atoms with Crippen molar-refractivity contribution in [3.63, 3.8) is 0 Å². The van der Waals surface area contributed by atoms with E-state index in [4.69, 9.17) is 21.7 Å². The lowest BCUT2D eigenvalue weighted by Crippen LogP contribution is -2.41. The predicted molar refractivity (Wildman–Crippen MR) is 102 cm³/mol. The fourth-order valence-electron chi connectivity index (χ4n) is 3.10. The van der Waals surface area contributed by atoms with E-state index in [1.54, 1.807) is 45.4 Å². The largest absolute Gasteiger partial charge is 0.496 e. The van der Waals surface area contributed by atoms with Crippen LogP contribution in [0.5, 0.6) is 11.5 Å². The Hall–Kier alpha value is -2.38. The number of benzene rings is 2. The quantitative estimate of drug-likeness (QED) is 0.801. The van der Waals surface area contributed by atoms with Gasteiger partial charge in [-0.3, -0.25) is 0 Å². The number of nitrogens with one attached hydrogen (secondary N) is 1. The molecular weight excluding hydrogens is 355 g/mol. The molecule has 138 valence electrons. The first-order valence-corrected chi connectivity index (χ1v) is 8.59. The van der Waals surface area contributed by atoms with Crippen molar-refractivity contribution in [2.45, 2.75) is 19.6 Å². The summed E-state index contributed by atoms with van der Waals surface area (Å²) in [5.41, 5.74) is 2.67. The fraction of sp³-hybridized carbons (Fsp3) is 0.316. The Kier molecular flexibility index (Phi) is 5.29. The molecule has 0 radical (unpaired) electrons. The highest BCUT2D eigenvalue weighted by Crippen LogP contribution is 2.39. The highest BCUT2D eigenvalue weighted by atomic mass is 32.1. The zero-order valence-corrected chi connectivity index (χ0v) is 15.7. The molecule has 0 spiro atoms. The predicted octanol–water partition coefficient (Wildman–Crippen LogP) is 3.40. The van der Waals surface area contributed by atoms with Crippen LogP contribution in [0.25, 0.3) is 0 Å². The van der Waals surface area contributed by atoms with Gasteiger partial charge in [-0.15, -0.1) is 0 Å². The molecule has 3 rings (SSSR count). The van der Waals surface area contributed by atoms with Gasteiger partial charge >= 0.3 is 0 Å². The van der Waals surface area contributed by atoms with E-state index in [2.05, 4.69) is 5.32 Å². The number of hydrogen-bond acceptors (Lipinski definition) is 4. The summed E-state index contributed by atoms with van der Waals surface area (Å²) in [5.74, 6) is 0.981. The molecule has 7 heteroatoms. The van der Waals surface area contributed by atoms with Crippen molar-refractivity contribution < 1.29 is 19.0 Å². The maximum Gasteiger partial charge on any atom is 0.173 e. The number of nitrogens with zero attached hydrogens (tertiary/aromatic N) is 1. The summed E-state index contributed by atoms with van der Waals surface area (Å²) in [6, 6.07) is 8.44. The second kappa shape index (κ2) is 7.47. The van der Waals surface area contributed by atoms with Crippen molar-refractivity contribution in [1.29, 1.82) is 0 Å². The van der Waals surface area contributed by atoms with Gasteiger partial charge in [0.2, 0.25) is 0 Å². The van der Waals surface area contributed by atoms with Crippen LogP contribution in [0, 0.1) is 12.7 Å². The van der Waals surface area contributed by atoms with Crippen molar-refractivity contribution >= 4 is 23.0 Å². The standard InChI is InChI=1S/C19H21FN2O3S/c1-11-4-5-12(8-14(11)20)21-19(26)22-9-13-16(24-2)6-7-17(25-3)18(13)15(23)10-22/h4-8,15,23H,9-10H2,1-3H3,(H,21,26)/t15-/m1/s1. The Morgan fingerprint density at radius 1 is 1.23 bits per heavy atom. The third-order valence-corrected chi connectivity index (χ3v) is 4.86. The highest BCUT2D eigenvalue weighted by Gasteiger charge is 2.30. The van der Waals surface area contributed by atoms with Gasteiger partial charge in [0.05, 0.1) is 20.8 Å². The fourth-order valence-corrected chi connectivity index (χ4v) is 3.36. The van der Waals surface area contributed by atoms with Gasteiger partial charge < -0.3 is 24.8 Å². The monoisotopic (exact) mass is 376 g/mol. The van der Waals surface area contributed by atoms with Gasteiger partial charge in [-0.2, -0.15) is 0 Å². The Balaban J connectivity index is 1.85. The van der Waals surface area contributed by atoms with E-state index in [1.807, 2.05) is 4.90 Å². The summed E-state index contributed by atoms with van der Waals surface area (Å²) >= 11 is 5.46. The van der Waals surface area contributed by atoms with Crippen LogP contribution in [-0.2, 0) is 6.54 Å². The van der Waals surface area contributed by atoms with Crippen LogP contribution in [0.3, 0.4) is 0 Å². The number of methoxy groups -OCH3 is 2. The third kappa shape index (κ3) is 3.45. The number of hydrogen-bond donors (Lipinski definition) is 2. The zero-order valence-electron chi connectivity index (χ0n) is 14.9. The molecule has 0 unspecified atom stereocenters. The van der Waals surface area contributed by atoms with E-state index in [-0.39, 0.29) is 5.82 Å². The second-order valence-electron chi connectivity index (χ2n) is 6.15. The SMILES string of the molecule is COc1ccc(OC)c2c1CN(C(=S)Nc1ccc(C)c(F)c1)C[C@H]2O. The number of rotatable bonds is 3. The summed E-state index contributed by atoms with van der Waals surface area (Å²) in [7, 11) is 3.15. The van der Waals surface area contributed by atoms with E-state index in [1.165, 1.54) is 6.07 Å². The molecule has 1 heterocycles. The smallest absolute Gasteiger partial charge is 0.173 e. The molecule has 1 aliphatic heterocycles. The van der Waals surface area contributed by atoms with Crippen LogP contribution >= 0.6 is 12.2 Å². The van der Waals surface area contributed by atoms with Crippen molar-refractivity contribution in [3.05, 3.63) is 52.8 Å². The molecule has 5 nitrogen and oxygen atoms in total. The zero-order chi connectivity index (χ0) is 18.8. The molecule has 0 aromatic heterocycles. The Morgan fingerprint density at radius 3 is 2.58 bits per heavy atom.